The Morgan fingerprint density at radius 1 is 0.923 bits per heavy atom. The first-order chi connectivity index (χ1) is 18.9. The highest BCUT2D eigenvalue weighted by atomic mass is 79.9. The molecule has 0 spiro atoms. The van der Waals surface area contributed by atoms with Crippen molar-refractivity contribution in [2.75, 3.05) is 34.7 Å². The highest BCUT2D eigenvalue weighted by Crippen LogP contribution is 2.55. The molecule has 10 heteroatoms. The smallest absolute Gasteiger partial charge is 0.310 e. The molecule has 6 rings (SSSR count). The van der Waals surface area contributed by atoms with Crippen LogP contribution in [0.2, 0.25) is 0 Å². The van der Waals surface area contributed by atoms with E-state index in [1.807, 2.05) is 30.3 Å². The second-order valence-electron chi connectivity index (χ2n) is 9.55. The van der Waals surface area contributed by atoms with Crippen molar-refractivity contribution in [3.8, 4) is 28.7 Å². The SMILES string of the molecule is COc1cc([C@@H]2c3cc4c(cc3[C@@H](NC(=O)c3cccc(Br)c3)[C@H]3COC(=O)C23)OCO4)cc(OC)c1OC. The first-order valence-corrected chi connectivity index (χ1v) is 13.2. The van der Waals surface area contributed by atoms with Gasteiger partial charge in [-0.1, -0.05) is 22.0 Å². The molecule has 0 bridgehead atoms. The number of hydrogen-bond acceptors (Lipinski definition) is 8. The molecular formula is C29H26BrNO8. The largest absolute Gasteiger partial charge is 0.493 e. The van der Waals surface area contributed by atoms with Gasteiger partial charge in [0.25, 0.3) is 5.91 Å². The maximum Gasteiger partial charge on any atom is 0.310 e. The lowest BCUT2D eigenvalue weighted by molar-refractivity contribution is -0.141. The van der Waals surface area contributed by atoms with Gasteiger partial charge in [-0.15, -0.1) is 0 Å². The number of rotatable bonds is 6. The average Bonchev–Trinajstić information content (AvgIpc) is 3.57. The van der Waals surface area contributed by atoms with Gasteiger partial charge in [0.2, 0.25) is 12.5 Å². The van der Waals surface area contributed by atoms with E-state index in [-0.39, 0.29) is 31.2 Å². The summed E-state index contributed by atoms with van der Waals surface area (Å²) in [7, 11) is 4.64. The fraction of sp³-hybridized carbons (Fsp3) is 0.310. The highest BCUT2D eigenvalue weighted by Gasteiger charge is 2.53. The summed E-state index contributed by atoms with van der Waals surface area (Å²) in [6, 6.07) is 14.1. The van der Waals surface area contributed by atoms with Gasteiger partial charge in [0.05, 0.1) is 39.9 Å². The van der Waals surface area contributed by atoms with Gasteiger partial charge in [0.15, 0.2) is 23.0 Å². The Morgan fingerprint density at radius 2 is 1.62 bits per heavy atom. The van der Waals surface area contributed by atoms with Crippen LogP contribution < -0.4 is 29.0 Å². The molecule has 0 radical (unpaired) electrons. The van der Waals surface area contributed by atoms with Gasteiger partial charge in [0, 0.05) is 21.9 Å². The standard InChI is InChI=1S/C29H26BrNO8/c1-34-22-8-15(9-23(35-2)27(22)36-3)24-17-10-20-21(39-13-38-20)11-18(17)26(19-12-37-29(33)25(19)24)31-28(32)14-5-4-6-16(30)7-14/h4-11,19,24-26H,12-13H2,1-3H3,(H,31,32)/t19-,24+,25?,26+/m0/s1. The minimum Gasteiger partial charge on any atom is -0.493 e. The normalized spacial score (nSPS) is 22.4. The third-order valence-corrected chi connectivity index (χ3v) is 8.10. The first-order valence-electron chi connectivity index (χ1n) is 12.4. The number of methoxy groups -OCH3 is 3. The second-order valence-corrected chi connectivity index (χ2v) is 10.5. The summed E-state index contributed by atoms with van der Waals surface area (Å²) >= 11 is 3.43. The lowest BCUT2D eigenvalue weighted by Gasteiger charge is -2.39. The molecule has 39 heavy (non-hydrogen) atoms. The molecule has 4 atom stereocenters. The Labute approximate surface area is 233 Å². The van der Waals surface area contributed by atoms with Crippen LogP contribution in [0.5, 0.6) is 28.7 Å². The molecule has 3 aromatic carbocycles. The molecule has 202 valence electrons. The van der Waals surface area contributed by atoms with Gasteiger partial charge in [-0.25, -0.2) is 0 Å². The lowest BCUT2D eigenvalue weighted by Crippen LogP contribution is -2.42. The van der Waals surface area contributed by atoms with Crippen molar-refractivity contribution in [1.29, 1.82) is 0 Å². The van der Waals surface area contributed by atoms with Gasteiger partial charge in [-0.05, 0) is 59.2 Å². The molecule has 2 aliphatic heterocycles. The number of halogens is 1. The van der Waals surface area contributed by atoms with E-state index in [9.17, 15) is 9.59 Å². The van der Waals surface area contributed by atoms with Crippen molar-refractivity contribution in [3.05, 3.63) is 75.3 Å². The van der Waals surface area contributed by atoms with Crippen molar-refractivity contribution in [3.63, 3.8) is 0 Å². The summed E-state index contributed by atoms with van der Waals surface area (Å²) in [4.78, 5) is 26.7. The van der Waals surface area contributed by atoms with E-state index >= 15 is 0 Å². The zero-order chi connectivity index (χ0) is 27.3. The van der Waals surface area contributed by atoms with Crippen LogP contribution in [0.1, 0.15) is 39.0 Å². The number of amides is 1. The van der Waals surface area contributed by atoms with Crippen LogP contribution in [0, 0.1) is 11.8 Å². The Hall–Kier alpha value is -3.92. The van der Waals surface area contributed by atoms with Crippen LogP contribution in [-0.2, 0) is 9.53 Å². The van der Waals surface area contributed by atoms with Crippen molar-refractivity contribution in [2.24, 2.45) is 11.8 Å². The van der Waals surface area contributed by atoms with E-state index in [1.54, 1.807) is 39.5 Å². The molecule has 1 unspecified atom stereocenters. The van der Waals surface area contributed by atoms with Gasteiger partial charge < -0.3 is 33.7 Å². The summed E-state index contributed by atoms with van der Waals surface area (Å²) in [5.41, 5.74) is 2.95. The van der Waals surface area contributed by atoms with Crippen molar-refractivity contribution in [1.82, 2.24) is 5.32 Å². The third kappa shape index (κ3) is 4.23. The van der Waals surface area contributed by atoms with E-state index < -0.39 is 17.9 Å². The fourth-order valence-corrected chi connectivity index (χ4v) is 6.28. The topological polar surface area (TPSA) is 102 Å². The summed E-state index contributed by atoms with van der Waals surface area (Å²) in [6.45, 7) is 0.263. The quantitative estimate of drug-likeness (QED) is 0.412. The zero-order valence-electron chi connectivity index (χ0n) is 21.5. The Balaban J connectivity index is 1.52. The van der Waals surface area contributed by atoms with Crippen LogP contribution in [0.3, 0.4) is 0 Å². The molecule has 0 aromatic heterocycles. The summed E-state index contributed by atoms with van der Waals surface area (Å²) in [5, 5.41) is 3.18. The molecule has 9 nitrogen and oxygen atoms in total. The van der Waals surface area contributed by atoms with E-state index in [4.69, 9.17) is 28.4 Å². The number of ether oxygens (including phenoxy) is 6. The van der Waals surface area contributed by atoms with E-state index in [0.717, 1.165) is 21.2 Å². The van der Waals surface area contributed by atoms with Crippen LogP contribution in [0.25, 0.3) is 0 Å². The Kier molecular flexibility index (Phi) is 6.50. The van der Waals surface area contributed by atoms with Gasteiger partial charge in [-0.3, -0.25) is 9.59 Å². The fourth-order valence-electron chi connectivity index (χ4n) is 5.88. The number of benzene rings is 3. The molecule has 1 fully saturated rings. The predicted molar refractivity (Wildman–Crippen MR) is 143 cm³/mol. The minimum absolute atomic E-state index is 0.0943. The minimum atomic E-state index is -0.575. The van der Waals surface area contributed by atoms with E-state index in [0.29, 0.717) is 34.3 Å². The monoisotopic (exact) mass is 595 g/mol. The summed E-state index contributed by atoms with van der Waals surface area (Å²) in [5.74, 6) is 0.648. The molecule has 1 N–H and O–H groups in total. The van der Waals surface area contributed by atoms with Crippen molar-refractivity contribution in [2.45, 2.75) is 12.0 Å². The summed E-state index contributed by atoms with van der Waals surface area (Å²) < 4.78 is 34.6. The number of carbonyl (C=O) groups excluding carboxylic acids is 2. The number of hydrogen-bond donors (Lipinski definition) is 1. The maximum atomic E-state index is 13.4. The number of esters is 1. The summed E-state index contributed by atoms with van der Waals surface area (Å²) in [6.07, 6.45) is 0. The van der Waals surface area contributed by atoms with Crippen LogP contribution in [0.15, 0.2) is 53.0 Å². The van der Waals surface area contributed by atoms with E-state index in [1.165, 1.54) is 0 Å². The molecule has 2 heterocycles. The predicted octanol–water partition coefficient (Wildman–Crippen LogP) is 4.61. The van der Waals surface area contributed by atoms with Crippen LogP contribution in [-0.4, -0.2) is 46.6 Å². The first kappa shape index (κ1) is 25.4. The van der Waals surface area contributed by atoms with Crippen LogP contribution >= 0.6 is 15.9 Å². The molecule has 1 amide bonds. The van der Waals surface area contributed by atoms with Gasteiger partial charge in [0.1, 0.15) is 0 Å². The number of fused-ring (bicyclic) bond motifs is 3. The molecule has 1 saturated heterocycles. The highest BCUT2D eigenvalue weighted by molar-refractivity contribution is 9.10. The number of nitrogens with one attached hydrogen (secondary N) is 1. The van der Waals surface area contributed by atoms with Gasteiger partial charge >= 0.3 is 5.97 Å². The van der Waals surface area contributed by atoms with Crippen molar-refractivity contribution < 1.29 is 38.0 Å². The molecule has 3 aliphatic rings. The molecular weight excluding hydrogens is 570 g/mol. The zero-order valence-corrected chi connectivity index (χ0v) is 23.1. The van der Waals surface area contributed by atoms with Crippen LogP contribution in [0.4, 0.5) is 0 Å². The second kappa shape index (κ2) is 10.00. The van der Waals surface area contributed by atoms with Gasteiger partial charge in [-0.2, -0.15) is 0 Å². The molecule has 1 aliphatic carbocycles. The average molecular weight is 596 g/mol. The molecule has 0 saturated carbocycles. The van der Waals surface area contributed by atoms with Crippen molar-refractivity contribution >= 4 is 27.8 Å². The number of carbonyl (C=O) groups is 2. The third-order valence-electron chi connectivity index (χ3n) is 7.61. The lowest BCUT2D eigenvalue weighted by atomic mass is 9.65. The van der Waals surface area contributed by atoms with E-state index in [2.05, 4.69) is 21.2 Å². The Morgan fingerprint density at radius 3 is 2.26 bits per heavy atom. The maximum absolute atomic E-state index is 13.4. The molecule has 3 aromatic rings. The number of cyclic esters (lactones) is 1. The Bertz CT molecular complexity index is 1450.